The number of rotatable bonds is 2. The standard InChI is InChI=1S/C15H19N3O/c1-17-14-8-4-3-7-12(14)13(15(17)19)11-16-18-9-5-2-6-10-18/h3-4,7-8,11,19H,2,5-6,9-10H2,1H3/b16-11+. The summed E-state index contributed by atoms with van der Waals surface area (Å²) in [7, 11) is 1.87. The topological polar surface area (TPSA) is 40.8 Å². The zero-order valence-electron chi connectivity index (χ0n) is 11.2. The third kappa shape index (κ3) is 2.18. The average molecular weight is 257 g/mol. The Morgan fingerprint density at radius 3 is 2.68 bits per heavy atom. The van der Waals surface area contributed by atoms with Crippen molar-refractivity contribution in [1.29, 1.82) is 0 Å². The molecule has 0 amide bonds. The van der Waals surface area contributed by atoms with E-state index in [1.807, 2.05) is 31.3 Å². The van der Waals surface area contributed by atoms with Crippen LogP contribution in [0.2, 0.25) is 0 Å². The minimum absolute atomic E-state index is 0.280. The molecule has 0 radical (unpaired) electrons. The van der Waals surface area contributed by atoms with Gasteiger partial charge in [0.15, 0.2) is 0 Å². The van der Waals surface area contributed by atoms with Crippen molar-refractivity contribution in [1.82, 2.24) is 9.58 Å². The largest absolute Gasteiger partial charge is 0.494 e. The number of fused-ring (bicyclic) bond motifs is 1. The van der Waals surface area contributed by atoms with Crippen LogP contribution in [-0.2, 0) is 7.05 Å². The maximum atomic E-state index is 10.2. The molecular formula is C15H19N3O. The van der Waals surface area contributed by atoms with Crippen LogP contribution in [0, 0.1) is 0 Å². The molecule has 1 aromatic carbocycles. The molecule has 3 rings (SSSR count). The predicted octanol–water partition coefficient (Wildman–Crippen LogP) is 2.70. The number of aromatic nitrogens is 1. The van der Waals surface area contributed by atoms with Crippen molar-refractivity contribution in [3.63, 3.8) is 0 Å². The fraction of sp³-hybridized carbons (Fsp3) is 0.400. The van der Waals surface area contributed by atoms with Crippen LogP contribution < -0.4 is 0 Å². The van der Waals surface area contributed by atoms with Crippen molar-refractivity contribution in [3.8, 4) is 5.88 Å². The minimum atomic E-state index is 0.280. The summed E-state index contributed by atoms with van der Waals surface area (Å²) in [5.41, 5.74) is 1.84. The summed E-state index contributed by atoms with van der Waals surface area (Å²) in [5, 5.41) is 17.8. The van der Waals surface area contributed by atoms with E-state index in [4.69, 9.17) is 0 Å². The molecule has 0 atom stereocenters. The molecular weight excluding hydrogens is 238 g/mol. The molecule has 1 aliphatic heterocycles. The van der Waals surface area contributed by atoms with Crippen molar-refractivity contribution in [2.24, 2.45) is 12.1 Å². The zero-order chi connectivity index (χ0) is 13.2. The molecule has 2 aromatic rings. The normalized spacial score (nSPS) is 16.6. The molecule has 1 saturated heterocycles. The number of benzene rings is 1. The van der Waals surface area contributed by atoms with Crippen molar-refractivity contribution < 1.29 is 5.11 Å². The van der Waals surface area contributed by atoms with Crippen molar-refractivity contribution in [2.45, 2.75) is 19.3 Å². The molecule has 0 saturated carbocycles. The first-order valence-corrected chi connectivity index (χ1v) is 6.82. The monoisotopic (exact) mass is 257 g/mol. The van der Waals surface area contributed by atoms with Crippen LogP contribution in [0.3, 0.4) is 0 Å². The Bertz CT molecular complexity index is 609. The third-order valence-electron chi connectivity index (χ3n) is 3.80. The molecule has 2 heterocycles. The second-order valence-corrected chi connectivity index (χ2v) is 5.07. The summed E-state index contributed by atoms with van der Waals surface area (Å²) in [6, 6.07) is 7.99. The maximum absolute atomic E-state index is 10.2. The van der Waals surface area contributed by atoms with Gasteiger partial charge >= 0.3 is 0 Å². The number of piperidine rings is 1. The van der Waals surface area contributed by atoms with Crippen molar-refractivity contribution in [2.75, 3.05) is 13.1 Å². The van der Waals surface area contributed by atoms with Gasteiger partial charge in [-0.25, -0.2) is 0 Å². The molecule has 0 spiro atoms. The van der Waals surface area contributed by atoms with Gasteiger partial charge in [0, 0.05) is 25.5 Å². The SMILES string of the molecule is Cn1c(O)c(/C=N/N2CCCCC2)c2ccccc21. The summed E-state index contributed by atoms with van der Waals surface area (Å²) in [4.78, 5) is 0. The van der Waals surface area contributed by atoms with Crippen LogP contribution in [0.15, 0.2) is 29.4 Å². The molecule has 4 nitrogen and oxygen atoms in total. The summed E-state index contributed by atoms with van der Waals surface area (Å²) < 4.78 is 1.80. The van der Waals surface area contributed by atoms with Gasteiger partial charge in [-0.1, -0.05) is 18.2 Å². The summed E-state index contributed by atoms with van der Waals surface area (Å²) in [6.07, 6.45) is 5.51. The Labute approximate surface area is 113 Å². The molecule has 4 heteroatoms. The highest BCUT2D eigenvalue weighted by atomic mass is 16.3. The second kappa shape index (κ2) is 4.96. The van der Waals surface area contributed by atoms with Gasteiger partial charge in [-0.05, 0) is 25.3 Å². The first-order chi connectivity index (χ1) is 9.27. The highest BCUT2D eigenvalue weighted by molar-refractivity contribution is 6.02. The fourth-order valence-electron chi connectivity index (χ4n) is 2.67. The Kier molecular flexibility index (Phi) is 3.15. The second-order valence-electron chi connectivity index (χ2n) is 5.07. The molecule has 0 aliphatic carbocycles. The van der Waals surface area contributed by atoms with E-state index in [0.717, 1.165) is 29.6 Å². The number of nitrogens with zero attached hydrogens (tertiary/aromatic N) is 3. The summed E-state index contributed by atoms with van der Waals surface area (Å²) in [6.45, 7) is 2.03. The van der Waals surface area contributed by atoms with Gasteiger partial charge in [0.2, 0.25) is 5.88 Å². The lowest BCUT2D eigenvalue weighted by molar-refractivity contribution is 0.240. The number of aromatic hydroxyl groups is 1. The molecule has 100 valence electrons. The molecule has 0 unspecified atom stereocenters. The average Bonchev–Trinajstić information content (AvgIpc) is 2.71. The Hall–Kier alpha value is -1.97. The van der Waals surface area contributed by atoms with E-state index in [0.29, 0.717) is 0 Å². The van der Waals surface area contributed by atoms with Gasteiger partial charge in [-0.3, -0.25) is 5.01 Å². The highest BCUT2D eigenvalue weighted by Gasteiger charge is 2.13. The fourth-order valence-corrected chi connectivity index (χ4v) is 2.67. The minimum Gasteiger partial charge on any atom is -0.494 e. The van der Waals surface area contributed by atoms with Crippen LogP contribution in [0.25, 0.3) is 10.9 Å². The lowest BCUT2D eigenvalue weighted by Gasteiger charge is -2.23. The van der Waals surface area contributed by atoms with Crippen molar-refractivity contribution in [3.05, 3.63) is 29.8 Å². The first-order valence-electron chi connectivity index (χ1n) is 6.82. The molecule has 19 heavy (non-hydrogen) atoms. The molecule has 1 aromatic heterocycles. The van der Waals surface area contributed by atoms with Crippen LogP contribution in [0.1, 0.15) is 24.8 Å². The van der Waals surface area contributed by atoms with Gasteiger partial charge in [-0.15, -0.1) is 0 Å². The van der Waals surface area contributed by atoms with E-state index in [9.17, 15) is 5.11 Å². The quantitative estimate of drug-likeness (QED) is 0.840. The Balaban J connectivity index is 1.96. The highest BCUT2D eigenvalue weighted by Crippen LogP contribution is 2.28. The van der Waals surface area contributed by atoms with E-state index in [2.05, 4.69) is 10.1 Å². The van der Waals surface area contributed by atoms with Gasteiger partial charge in [0.25, 0.3) is 0 Å². The van der Waals surface area contributed by atoms with Gasteiger partial charge in [0.05, 0.1) is 17.3 Å². The number of para-hydroxylation sites is 1. The van der Waals surface area contributed by atoms with E-state index in [1.54, 1.807) is 10.8 Å². The van der Waals surface area contributed by atoms with Crippen LogP contribution in [-0.4, -0.2) is 34.0 Å². The number of hydrogen-bond donors (Lipinski definition) is 1. The predicted molar refractivity (Wildman–Crippen MR) is 77.6 cm³/mol. The van der Waals surface area contributed by atoms with E-state index in [1.165, 1.54) is 19.3 Å². The molecule has 1 aliphatic rings. The van der Waals surface area contributed by atoms with Crippen LogP contribution in [0.5, 0.6) is 5.88 Å². The molecule has 1 fully saturated rings. The first kappa shape index (κ1) is 12.1. The van der Waals surface area contributed by atoms with E-state index >= 15 is 0 Å². The van der Waals surface area contributed by atoms with Gasteiger partial charge < -0.3 is 9.67 Å². The van der Waals surface area contributed by atoms with Crippen molar-refractivity contribution >= 4 is 17.1 Å². The molecule has 0 bridgehead atoms. The van der Waals surface area contributed by atoms with Gasteiger partial charge in [0.1, 0.15) is 0 Å². The molecule has 1 N–H and O–H groups in total. The summed E-state index contributed by atoms with van der Waals surface area (Å²) >= 11 is 0. The maximum Gasteiger partial charge on any atom is 0.200 e. The Morgan fingerprint density at radius 2 is 1.89 bits per heavy atom. The zero-order valence-corrected chi connectivity index (χ0v) is 11.2. The summed E-state index contributed by atoms with van der Waals surface area (Å²) in [5.74, 6) is 0.280. The van der Waals surface area contributed by atoms with Crippen LogP contribution in [0.4, 0.5) is 0 Å². The van der Waals surface area contributed by atoms with Crippen LogP contribution >= 0.6 is 0 Å². The lowest BCUT2D eigenvalue weighted by atomic mass is 10.2. The third-order valence-corrected chi connectivity index (χ3v) is 3.80. The van der Waals surface area contributed by atoms with Gasteiger partial charge in [-0.2, -0.15) is 5.10 Å². The number of hydrazone groups is 1. The van der Waals surface area contributed by atoms with E-state index < -0.39 is 0 Å². The number of hydrogen-bond acceptors (Lipinski definition) is 3. The lowest BCUT2D eigenvalue weighted by Crippen LogP contribution is -2.24. The van der Waals surface area contributed by atoms with E-state index in [-0.39, 0.29) is 5.88 Å². The number of aryl methyl sites for hydroxylation is 1. The smallest absolute Gasteiger partial charge is 0.200 e. The Morgan fingerprint density at radius 1 is 1.16 bits per heavy atom.